The number of hydrogen-bond donors (Lipinski definition) is 1. The summed E-state index contributed by atoms with van der Waals surface area (Å²) < 4.78 is 23.9. The smallest absolute Gasteiger partial charge is 0.260 e. The number of carbonyl (C=O) groups excluding carboxylic acids is 1. The van der Waals surface area contributed by atoms with Crippen LogP contribution in [0.25, 0.3) is 0 Å². The van der Waals surface area contributed by atoms with Crippen molar-refractivity contribution >= 4 is 5.91 Å². The normalized spacial score (nSPS) is 11.7. The molecule has 2 aromatic carbocycles. The molecule has 0 bridgehead atoms. The standard InChI is InChI=1S/C19H22FNO3/c1-13-5-4-6-18(14(13)2)24-15(3)19(22)21-11-12-23-17-9-7-16(20)8-10-17/h4-10,15H,11-12H2,1-3H3,(H,21,22). The zero-order valence-corrected chi connectivity index (χ0v) is 14.1. The lowest BCUT2D eigenvalue weighted by molar-refractivity contribution is -0.127. The molecule has 0 saturated heterocycles. The van der Waals surface area contributed by atoms with Crippen LogP contribution in [0.1, 0.15) is 18.1 Å². The van der Waals surface area contributed by atoms with Crippen molar-refractivity contribution in [2.24, 2.45) is 0 Å². The Labute approximate surface area is 141 Å². The fourth-order valence-corrected chi connectivity index (χ4v) is 2.11. The topological polar surface area (TPSA) is 47.6 Å². The SMILES string of the molecule is Cc1cccc(OC(C)C(=O)NCCOc2ccc(F)cc2)c1C. The molecular weight excluding hydrogens is 309 g/mol. The molecule has 24 heavy (non-hydrogen) atoms. The average molecular weight is 331 g/mol. The van der Waals surface area contributed by atoms with Crippen molar-refractivity contribution in [2.75, 3.05) is 13.2 Å². The van der Waals surface area contributed by atoms with Gasteiger partial charge in [0.25, 0.3) is 5.91 Å². The number of nitrogens with one attached hydrogen (secondary N) is 1. The fourth-order valence-electron chi connectivity index (χ4n) is 2.11. The molecule has 0 saturated carbocycles. The van der Waals surface area contributed by atoms with Gasteiger partial charge in [-0.15, -0.1) is 0 Å². The van der Waals surface area contributed by atoms with Crippen molar-refractivity contribution in [2.45, 2.75) is 26.9 Å². The Morgan fingerprint density at radius 3 is 2.58 bits per heavy atom. The molecule has 4 nitrogen and oxygen atoms in total. The average Bonchev–Trinajstić information content (AvgIpc) is 2.57. The van der Waals surface area contributed by atoms with Crippen molar-refractivity contribution in [1.29, 1.82) is 0 Å². The van der Waals surface area contributed by atoms with E-state index in [0.717, 1.165) is 11.1 Å². The first kappa shape index (κ1) is 17.8. The third kappa shape index (κ3) is 4.98. The molecule has 0 aliphatic heterocycles. The largest absolute Gasteiger partial charge is 0.492 e. The highest BCUT2D eigenvalue weighted by atomic mass is 19.1. The van der Waals surface area contributed by atoms with Crippen LogP contribution in [-0.2, 0) is 4.79 Å². The van der Waals surface area contributed by atoms with E-state index in [1.807, 2.05) is 32.0 Å². The summed E-state index contributed by atoms with van der Waals surface area (Å²) in [6, 6.07) is 11.5. The van der Waals surface area contributed by atoms with E-state index in [4.69, 9.17) is 9.47 Å². The molecule has 5 heteroatoms. The van der Waals surface area contributed by atoms with Crippen molar-refractivity contribution in [3.63, 3.8) is 0 Å². The maximum atomic E-state index is 12.8. The van der Waals surface area contributed by atoms with Gasteiger partial charge in [0, 0.05) is 0 Å². The van der Waals surface area contributed by atoms with Crippen LogP contribution in [0.5, 0.6) is 11.5 Å². The van der Waals surface area contributed by atoms with Crippen molar-refractivity contribution < 1.29 is 18.7 Å². The van der Waals surface area contributed by atoms with Crippen LogP contribution in [0.4, 0.5) is 4.39 Å². The van der Waals surface area contributed by atoms with Crippen molar-refractivity contribution in [1.82, 2.24) is 5.32 Å². The third-order valence-corrected chi connectivity index (χ3v) is 3.71. The van der Waals surface area contributed by atoms with Crippen molar-refractivity contribution in [3.05, 3.63) is 59.4 Å². The molecule has 2 aromatic rings. The zero-order valence-electron chi connectivity index (χ0n) is 14.1. The molecule has 0 aliphatic carbocycles. The van der Waals surface area contributed by atoms with Crippen LogP contribution in [0.3, 0.4) is 0 Å². The van der Waals surface area contributed by atoms with Gasteiger partial charge in [0.1, 0.15) is 23.9 Å². The monoisotopic (exact) mass is 331 g/mol. The highest BCUT2D eigenvalue weighted by molar-refractivity contribution is 5.80. The first-order chi connectivity index (χ1) is 11.5. The minimum atomic E-state index is -0.601. The predicted octanol–water partition coefficient (Wildman–Crippen LogP) is 3.41. The van der Waals surface area contributed by atoms with Crippen molar-refractivity contribution in [3.8, 4) is 11.5 Å². The van der Waals surface area contributed by atoms with Gasteiger partial charge in [-0.1, -0.05) is 12.1 Å². The number of hydrogen-bond acceptors (Lipinski definition) is 3. The molecule has 0 aromatic heterocycles. The minimum absolute atomic E-state index is 0.210. The van der Waals surface area contributed by atoms with Gasteiger partial charge in [0.05, 0.1) is 6.54 Å². The van der Waals surface area contributed by atoms with E-state index in [1.165, 1.54) is 12.1 Å². The Balaban J connectivity index is 1.75. The second-order valence-corrected chi connectivity index (χ2v) is 5.55. The Morgan fingerprint density at radius 1 is 1.17 bits per heavy atom. The van der Waals surface area contributed by atoms with Gasteiger partial charge in [0.15, 0.2) is 6.10 Å². The molecule has 0 heterocycles. The molecule has 1 atom stereocenters. The molecule has 128 valence electrons. The summed E-state index contributed by atoms with van der Waals surface area (Å²) in [5, 5.41) is 2.76. The third-order valence-electron chi connectivity index (χ3n) is 3.71. The highest BCUT2D eigenvalue weighted by Crippen LogP contribution is 2.21. The van der Waals surface area contributed by atoms with E-state index in [0.29, 0.717) is 24.7 Å². The lowest BCUT2D eigenvalue weighted by Gasteiger charge is -2.17. The summed E-state index contributed by atoms with van der Waals surface area (Å²) in [5.74, 6) is 0.747. The molecular formula is C19H22FNO3. The highest BCUT2D eigenvalue weighted by Gasteiger charge is 2.15. The van der Waals surface area contributed by atoms with Crippen LogP contribution in [0.15, 0.2) is 42.5 Å². The van der Waals surface area contributed by atoms with Crippen LogP contribution in [-0.4, -0.2) is 25.2 Å². The fraction of sp³-hybridized carbons (Fsp3) is 0.316. The van der Waals surface area contributed by atoms with E-state index in [2.05, 4.69) is 5.32 Å². The number of rotatable bonds is 7. The van der Waals surface area contributed by atoms with Crippen LogP contribution in [0, 0.1) is 19.7 Å². The Kier molecular flexibility index (Phi) is 6.18. The number of halogens is 1. The minimum Gasteiger partial charge on any atom is -0.492 e. The van der Waals surface area contributed by atoms with Crippen LogP contribution in [0.2, 0.25) is 0 Å². The van der Waals surface area contributed by atoms with Gasteiger partial charge in [-0.2, -0.15) is 0 Å². The Bertz CT molecular complexity index is 686. The van der Waals surface area contributed by atoms with Gasteiger partial charge in [-0.25, -0.2) is 4.39 Å². The molecule has 2 rings (SSSR count). The number of carbonyl (C=O) groups is 1. The molecule has 1 amide bonds. The van der Waals surface area contributed by atoms with Gasteiger partial charge in [-0.05, 0) is 62.2 Å². The molecule has 0 aliphatic rings. The second-order valence-electron chi connectivity index (χ2n) is 5.55. The van der Waals surface area contributed by atoms with Crippen LogP contribution >= 0.6 is 0 Å². The van der Waals surface area contributed by atoms with Gasteiger partial charge < -0.3 is 14.8 Å². The maximum Gasteiger partial charge on any atom is 0.260 e. The van der Waals surface area contributed by atoms with E-state index in [9.17, 15) is 9.18 Å². The summed E-state index contributed by atoms with van der Waals surface area (Å²) in [4.78, 5) is 12.1. The first-order valence-electron chi connectivity index (χ1n) is 7.86. The van der Waals surface area contributed by atoms with Gasteiger partial charge >= 0.3 is 0 Å². The summed E-state index contributed by atoms with van der Waals surface area (Å²) in [5.41, 5.74) is 2.14. The summed E-state index contributed by atoms with van der Waals surface area (Å²) >= 11 is 0. The molecule has 0 spiro atoms. The van der Waals surface area contributed by atoms with E-state index < -0.39 is 6.10 Å². The molecule has 1 N–H and O–H groups in total. The number of ether oxygens (including phenoxy) is 2. The van der Waals surface area contributed by atoms with E-state index in [-0.39, 0.29) is 11.7 Å². The van der Waals surface area contributed by atoms with Crippen LogP contribution < -0.4 is 14.8 Å². The quantitative estimate of drug-likeness (QED) is 0.791. The Hall–Kier alpha value is -2.56. The number of benzene rings is 2. The van der Waals surface area contributed by atoms with E-state index in [1.54, 1.807) is 19.1 Å². The lowest BCUT2D eigenvalue weighted by atomic mass is 10.1. The predicted molar refractivity (Wildman–Crippen MR) is 90.9 cm³/mol. The van der Waals surface area contributed by atoms with E-state index >= 15 is 0 Å². The zero-order chi connectivity index (χ0) is 17.5. The van der Waals surface area contributed by atoms with Gasteiger partial charge in [0.2, 0.25) is 0 Å². The molecule has 0 radical (unpaired) electrons. The number of aryl methyl sites for hydroxylation is 1. The summed E-state index contributed by atoms with van der Waals surface area (Å²) in [6.07, 6.45) is -0.601. The molecule has 1 unspecified atom stereocenters. The number of amides is 1. The summed E-state index contributed by atoms with van der Waals surface area (Å²) in [7, 11) is 0. The first-order valence-corrected chi connectivity index (χ1v) is 7.86. The maximum absolute atomic E-state index is 12.8. The van der Waals surface area contributed by atoms with Gasteiger partial charge in [-0.3, -0.25) is 4.79 Å². The Morgan fingerprint density at radius 2 is 1.88 bits per heavy atom. The second kappa shape index (κ2) is 8.34. The lowest BCUT2D eigenvalue weighted by Crippen LogP contribution is -2.38. The summed E-state index contributed by atoms with van der Waals surface area (Å²) in [6.45, 7) is 6.31. The molecule has 0 fully saturated rings.